The van der Waals surface area contributed by atoms with Gasteiger partial charge in [0.05, 0.1) is 13.7 Å². The van der Waals surface area contributed by atoms with Crippen molar-refractivity contribution in [3.63, 3.8) is 0 Å². The number of hydrogen-bond acceptors (Lipinski definition) is 4. The molecule has 0 amide bonds. The van der Waals surface area contributed by atoms with E-state index in [1.165, 1.54) is 11.1 Å². The molecule has 4 heteroatoms. The minimum absolute atomic E-state index is 0.281. The molecule has 0 unspecified atom stereocenters. The van der Waals surface area contributed by atoms with Gasteiger partial charge >= 0.3 is 0 Å². The average molecular weight is 343 g/mol. The van der Waals surface area contributed by atoms with Crippen molar-refractivity contribution in [3.8, 4) is 11.5 Å². The molecule has 0 fully saturated rings. The Bertz CT molecular complexity index is 601. The van der Waals surface area contributed by atoms with Gasteiger partial charge in [-0.2, -0.15) is 0 Å². The fourth-order valence-electron chi connectivity index (χ4n) is 2.64. The lowest BCUT2D eigenvalue weighted by Gasteiger charge is -2.13. The van der Waals surface area contributed by atoms with Gasteiger partial charge in [0, 0.05) is 19.6 Å². The van der Waals surface area contributed by atoms with Crippen LogP contribution in [0, 0.1) is 0 Å². The van der Waals surface area contributed by atoms with Crippen LogP contribution in [0.1, 0.15) is 30.4 Å². The van der Waals surface area contributed by atoms with E-state index < -0.39 is 0 Å². The second-order valence-corrected chi connectivity index (χ2v) is 6.03. The van der Waals surface area contributed by atoms with Crippen molar-refractivity contribution in [1.29, 1.82) is 0 Å². The number of aliphatic hydroxyl groups is 1. The number of benzene rings is 2. The molecule has 0 radical (unpaired) electrons. The predicted molar refractivity (Wildman–Crippen MR) is 101 cm³/mol. The lowest BCUT2D eigenvalue weighted by atomic mass is 10.1. The molecular formula is C21H29NO3. The molecule has 0 saturated heterocycles. The van der Waals surface area contributed by atoms with Crippen LogP contribution in [0.3, 0.4) is 0 Å². The molecule has 0 spiro atoms. The van der Waals surface area contributed by atoms with E-state index in [-0.39, 0.29) is 6.61 Å². The zero-order chi connectivity index (χ0) is 17.7. The Balaban J connectivity index is 1.78. The van der Waals surface area contributed by atoms with E-state index in [9.17, 15) is 0 Å². The van der Waals surface area contributed by atoms with Gasteiger partial charge in [0.25, 0.3) is 0 Å². The Labute approximate surface area is 150 Å². The molecule has 0 aromatic heterocycles. The predicted octanol–water partition coefficient (Wildman–Crippen LogP) is 3.57. The molecule has 2 aromatic carbocycles. The number of methoxy groups -OCH3 is 1. The lowest BCUT2D eigenvalue weighted by Crippen LogP contribution is -2.14. The van der Waals surface area contributed by atoms with Crippen LogP contribution in [0.15, 0.2) is 48.5 Å². The van der Waals surface area contributed by atoms with Crippen LogP contribution >= 0.6 is 0 Å². The van der Waals surface area contributed by atoms with Crippen LogP contribution in [0.2, 0.25) is 0 Å². The van der Waals surface area contributed by atoms with Crippen LogP contribution in [0.25, 0.3) is 0 Å². The molecule has 2 N–H and O–H groups in total. The van der Waals surface area contributed by atoms with Gasteiger partial charge in [0.15, 0.2) is 11.5 Å². The largest absolute Gasteiger partial charge is 0.493 e. The molecular weight excluding hydrogens is 314 g/mol. The Morgan fingerprint density at radius 2 is 1.76 bits per heavy atom. The summed E-state index contributed by atoms with van der Waals surface area (Å²) in [6.45, 7) is 2.67. The normalized spacial score (nSPS) is 10.6. The monoisotopic (exact) mass is 343 g/mol. The minimum atomic E-state index is 0.281. The van der Waals surface area contributed by atoms with Crippen LogP contribution in [-0.4, -0.2) is 32.0 Å². The number of aliphatic hydroxyl groups excluding tert-OH is 1. The molecule has 0 heterocycles. The van der Waals surface area contributed by atoms with Crippen molar-refractivity contribution in [2.45, 2.75) is 32.2 Å². The Hall–Kier alpha value is -2.04. The molecule has 0 atom stereocenters. The van der Waals surface area contributed by atoms with E-state index in [0.29, 0.717) is 6.61 Å². The van der Waals surface area contributed by atoms with E-state index in [1.807, 2.05) is 30.3 Å². The SMILES string of the molecule is COc1cc(CNCCCCCO)ccc1OCCc1ccccc1. The van der Waals surface area contributed by atoms with Gasteiger partial charge in [-0.15, -0.1) is 0 Å². The summed E-state index contributed by atoms with van der Waals surface area (Å²) in [4.78, 5) is 0. The first-order chi connectivity index (χ1) is 12.3. The highest BCUT2D eigenvalue weighted by Gasteiger charge is 2.06. The van der Waals surface area contributed by atoms with Gasteiger partial charge in [-0.05, 0) is 49.1 Å². The van der Waals surface area contributed by atoms with Crippen molar-refractivity contribution in [2.75, 3.05) is 26.9 Å². The Kier molecular flexibility index (Phi) is 8.87. The van der Waals surface area contributed by atoms with E-state index in [1.54, 1.807) is 7.11 Å². The quantitative estimate of drug-likeness (QED) is 0.579. The summed E-state index contributed by atoms with van der Waals surface area (Å²) in [5.74, 6) is 1.55. The topological polar surface area (TPSA) is 50.7 Å². The van der Waals surface area contributed by atoms with Crippen molar-refractivity contribution in [2.24, 2.45) is 0 Å². The number of hydrogen-bond donors (Lipinski definition) is 2. The van der Waals surface area contributed by atoms with Crippen molar-refractivity contribution in [3.05, 3.63) is 59.7 Å². The highest BCUT2D eigenvalue weighted by molar-refractivity contribution is 5.43. The highest BCUT2D eigenvalue weighted by Crippen LogP contribution is 2.28. The maximum Gasteiger partial charge on any atom is 0.161 e. The second-order valence-electron chi connectivity index (χ2n) is 6.03. The zero-order valence-electron chi connectivity index (χ0n) is 15.0. The molecule has 0 aliphatic carbocycles. The standard InChI is InChI=1S/C21H29NO3/c1-24-21-16-19(17-22-13-6-3-7-14-23)10-11-20(21)25-15-12-18-8-4-2-5-9-18/h2,4-5,8-11,16,22-23H,3,6-7,12-15,17H2,1H3. The van der Waals surface area contributed by atoms with E-state index in [0.717, 1.165) is 50.3 Å². The highest BCUT2D eigenvalue weighted by atomic mass is 16.5. The van der Waals surface area contributed by atoms with Gasteiger partial charge in [0.1, 0.15) is 0 Å². The summed E-state index contributed by atoms with van der Waals surface area (Å²) in [5, 5.41) is 12.2. The minimum Gasteiger partial charge on any atom is -0.493 e. The van der Waals surface area contributed by atoms with Gasteiger partial charge in [-0.3, -0.25) is 0 Å². The number of rotatable bonds is 12. The maximum absolute atomic E-state index is 8.76. The first kappa shape index (κ1) is 19.3. The Morgan fingerprint density at radius 3 is 2.52 bits per heavy atom. The third kappa shape index (κ3) is 7.16. The zero-order valence-corrected chi connectivity index (χ0v) is 15.0. The lowest BCUT2D eigenvalue weighted by molar-refractivity contribution is 0.283. The number of nitrogens with one attached hydrogen (secondary N) is 1. The molecule has 0 aliphatic heterocycles. The van der Waals surface area contributed by atoms with Crippen LogP contribution in [-0.2, 0) is 13.0 Å². The molecule has 25 heavy (non-hydrogen) atoms. The molecule has 4 nitrogen and oxygen atoms in total. The van der Waals surface area contributed by atoms with Gasteiger partial charge < -0.3 is 19.9 Å². The van der Waals surface area contributed by atoms with Crippen molar-refractivity contribution < 1.29 is 14.6 Å². The summed E-state index contributed by atoms with van der Waals surface area (Å²) in [6.07, 6.45) is 3.89. The average Bonchev–Trinajstić information content (AvgIpc) is 2.66. The molecule has 136 valence electrons. The summed E-state index contributed by atoms with van der Waals surface area (Å²) in [7, 11) is 1.67. The molecule has 2 rings (SSSR count). The van der Waals surface area contributed by atoms with Crippen molar-refractivity contribution in [1.82, 2.24) is 5.32 Å². The molecule has 0 aliphatic rings. The molecule has 2 aromatic rings. The summed E-state index contributed by atoms with van der Waals surface area (Å²) in [6, 6.07) is 16.4. The molecule has 0 saturated carbocycles. The maximum atomic E-state index is 8.76. The van der Waals surface area contributed by atoms with Crippen LogP contribution in [0.5, 0.6) is 11.5 Å². The molecule has 0 bridgehead atoms. The third-order valence-electron chi connectivity index (χ3n) is 4.06. The van der Waals surface area contributed by atoms with E-state index >= 15 is 0 Å². The van der Waals surface area contributed by atoms with Gasteiger partial charge in [-0.25, -0.2) is 0 Å². The van der Waals surface area contributed by atoms with E-state index in [4.69, 9.17) is 14.6 Å². The fourth-order valence-corrected chi connectivity index (χ4v) is 2.64. The number of unbranched alkanes of at least 4 members (excludes halogenated alkanes) is 2. The van der Waals surface area contributed by atoms with Crippen LogP contribution in [0.4, 0.5) is 0 Å². The summed E-state index contributed by atoms with van der Waals surface area (Å²) >= 11 is 0. The van der Waals surface area contributed by atoms with Gasteiger partial charge in [0.2, 0.25) is 0 Å². The first-order valence-corrected chi connectivity index (χ1v) is 8.98. The van der Waals surface area contributed by atoms with Crippen LogP contribution < -0.4 is 14.8 Å². The third-order valence-corrected chi connectivity index (χ3v) is 4.06. The summed E-state index contributed by atoms with van der Waals surface area (Å²) < 4.78 is 11.4. The Morgan fingerprint density at radius 1 is 0.920 bits per heavy atom. The van der Waals surface area contributed by atoms with E-state index in [2.05, 4.69) is 23.5 Å². The second kappa shape index (κ2) is 11.5. The summed E-state index contributed by atoms with van der Waals surface area (Å²) in [5.41, 5.74) is 2.44. The first-order valence-electron chi connectivity index (χ1n) is 8.98. The smallest absolute Gasteiger partial charge is 0.161 e. The fraction of sp³-hybridized carbons (Fsp3) is 0.429. The van der Waals surface area contributed by atoms with Gasteiger partial charge in [-0.1, -0.05) is 36.4 Å². The number of ether oxygens (including phenoxy) is 2. The van der Waals surface area contributed by atoms with Crippen molar-refractivity contribution >= 4 is 0 Å².